The highest BCUT2D eigenvalue weighted by Gasteiger charge is 2.24. The Kier molecular flexibility index (Phi) is 5.10. The minimum Gasteiger partial charge on any atom is -0.670 e. The predicted octanol–water partition coefficient (Wildman–Crippen LogP) is 5.51. The summed E-state index contributed by atoms with van der Waals surface area (Å²) in [4.78, 5) is 16.8. The normalized spacial score (nSPS) is 17.7. The molecule has 2 aromatic heterocycles. The van der Waals surface area contributed by atoms with Crippen LogP contribution in [0.2, 0.25) is 0 Å². The Bertz CT molecular complexity index is 1070. The number of para-hydroxylation sites is 1. The molecule has 0 aliphatic carbocycles. The third kappa shape index (κ3) is 4.02. The van der Waals surface area contributed by atoms with Crippen molar-refractivity contribution in [3.63, 3.8) is 0 Å². The highest BCUT2D eigenvalue weighted by Crippen LogP contribution is 2.48. The standard InChI is InChI=1S/C22H22N3O3S/c1-22(2,3)28-21(27)25-12-16(15-8-4-5-9-18(15)25)19(26)17-13-29-20(24-17)14-7-6-10-23-11-14/h4-13,19-20,26H,1-3H3/q-1. The number of hydrogen-bond donors (Lipinski definition) is 1. The van der Waals surface area contributed by atoms with E-state index in [-0.39, 0.29) is 5.37 Å². The molecule has 3 heterocycles. The van der Waals surface area contributed by atoms with Crippen molar-refractivity contribution in [3.8, 4) is 0 Å². The van der Waals surface area contributed by atoms with Crippen LogP contribution in [-0.2, 0) is 4.74 Å². The number of aliphatic hydroxyl groups excluding tert-OH is 1. The van der Waals surface area contributed by atoms with Crippen LogP contribution in [0.1, 0.15) is 43.4 Å². The number of carbonyl (C=O) groups excluding carboxylic acids is 1. The number of fused-ring (bicyclic) bond motifs is 1. The number of ether oxygens (including phenoxy) is 1. The van der Waals surface area contributed by atoms with Crippen molar-refractivity contribution >= 4 is 28.8 Å². The molecule has 4 rings (SSSR count). The van der Waals surface area contributed by atoms with Gasteiger partial charge in [0.05, 0.1) is 11.6 Å². The van der Waals surface area contributed by atoms with E-state index in [9.17, 15) is 9.90 Å². The molecule has 3 aromatic rings. The summed E-state index contributed by atoms with van der Waals surface area (Å²) in [5, 5.41) is 18.2. The van der Waals surface area contributed by atoms with E-state index in [0.717, 1.165) is 10.9 Å². The number of carbonyl (C=O) groups is 1. The molecule has 1 aliphatic heterocycles. The molecule has 2 atom stereocenters. The van der Waals surface area contributed by atoms with Gasteiger partial charge in [-0.1, -0.05) is 24.3 Å². The molecule has 29 heavy (non-hydrogen) atoms. The Morgan fingerprint density at radius 2 is 2.07 bits per heavy atom. The van der Waals surface area contributed by atoms with Gasteiger partial charge in [-0.2, -0.15) is 0 Å². The largest absolute Gasteiger partial charge is 0.670 e. The maximum atomic E-state index is 12.7. The molecule has 150 valence electrons. The Labute approximate surface area is 173 Å². The van der Waals surface area contributed by atoms with Crippen molar-refractivity contribution in [1.82, 2.24) is 9.55 Å². The summed E-state index contributed by atoms with van der Waals surface area (Å²) < 4.78 is 6.96. The van der Waals surface area contributed by atoms with Gasteiger partial charge in [0.25, 0.3) is 0 Å². The maximum Gasteiger partial charge on any atom is 0.419 e. The summed E-state index contributed by atoms with van der Waals surface area (Å²) in [6.45, 7) is 5.47. The molecule has 0 spiro atoms. The van der Waals surface area contributed by atoms with Crippen LogP contribution in [0.3, 0.4) is 0 Å². The summed E-state index contributed by atoms with van der Waals surface area (Å²) in [5.74, 6) is 0. The van der Waals surface area contributed by atoms with E-state index in [1.807, 2.05) is 62.6 Å². The van der Waals surface area contributed by atoms with E-state index in [1.165, 1.54) is 16.3 Å². The van der Waals surface area contributed by atoms with Gasteiger partial charge in [-0.25, -0.2) is 4.79 Å². The fraction of sp³-hybridized carbons (Fsp3) is 0.273. The lowest BCUT2D eigenvalue weighted by Gasteiger charge is -2.29. The zero-order valence-electron chi connectivity index (χ0n) is 16.4. The van der Waals surface area contributed by atoms with Crippen LogP contribution in [0.4, 0.5) is 4.79 Å². The van der Waals surface area contributed by atoms with Gasteiger partial charge in [0.2, 0.25) is 0 Å². The number of pyridine rings is 1. The van der Waals surface area contributed by atoms with Crippen LogP contribution < -0.4 is 0 Å². The molecule has 1 N–H and O–H groups in total. The molecule has 0 fully saturated rings. The van der Waals surface area contributed by atoms with Gasteiger partial charge in [-0.15, -0.1) is 17.5 Å². The SMILES string of the molecule is CC(C)(C)OC(=O)n1cc(C(O)C2=CSC(c3cccnc3)[N-]2)c2ccccc21. The number of hydrogen-bond acceptors (Lipinski definition) is 5. The zero-order chi connectivity index (χ0) is 20.6. The van der Waals surface area contributed by atoms with E-state index in [0.29, 0.717) is 16.8 Å². The predicted molar refractivity (Wildman–Crippen MR) is 115 cm³/mol. The van der Waals surface area contributed by atoms with Gasteiger partial charge in [-0.05, 0) is 49.2 Å². The Morgan fingerprint density at radius 1 is 1.28 bits per heavy atom. The second kappa shape index (κ2) is 7.57. The van der Waals surface area contributed by atoms with Crippen molar-refractivity contribution in [1.29, 1.82) is 0 Å². The molecule has 0 radical (unpaired) electrons. The number of aliphatic hydroxyl groups is 1. The van der Waals surface area contributed by atoms with Gasteiger partial charge in [0, 0.05) is 29.5 Å². The summed E-state index contributed by atoms with van der Waals surface area (Å²) >= 11 is 1.53. The summed E-state index contributed by atoms with van der Waals surface area (Å²) in [6, 6.07) is 11.3. The number of rotatable bonds is 3. The van der Waals surface area contributed by atoms with Crippen LogP contribution in [0.25, 0.3) is 16.2 Å². The van der Waals surface area contributed by atoms with Crippen LogP contribution in [0.5, 0.6) is 0 Å². The van der Waals surface area contributed by atoms with Crippen LogP contribution >= 0.6 is 11.8 Å². The first-order valence-electron chi connectivity index (χ1n) is 9.31. The Hall–Kier alpha value is -2.77. The fourth-order valence-corrected chi connectivity index (χ4v) is 4.12. The average Bonchev–Trinajstić information content (AvgIpc) is 3.32. The summed E-state index contributed by atoms with van der Waals surface area (Å²) in [7, 11) is 0. The zero-order valence-corrected chi connectivity index (χ0v) is 17.3. The monoisotopic (exact) mass is 408 g/mol. The number of thioether (sulfide) groups is 1. The van der Waals surface area contributed by atoms with Gasteiger partial charge < -0.3 is 15.2 Å². The molecular formula is C22H22N3O3S-. The van der Waals surface area contributed by atoms with Gasteiger partial charge in [0.15, 0.2) is 0 Å². The van der Waals surface area contributed by atoms with Crippen molar-refractivity contribution in [2.45, 2.75) is 37.9 Å². The van der Waals surface area contributed by atoms with E-state index >= 15 is 0 Å². The molecule has 6 nitrogen and oxygen atoms in total. The van der Waals surface area contributed by atoms with E-state index in [1.54, 1.807) is 18.6 Å². The van der Waals surface area contributed by atoms with E-state index in [2.05, 4.69) is 10.3 Å². The van der Waals surface area contributed by atoms with Gasteiger partial charge in [-0.3, -0.25) is 9.55 Å². The first-order chi connectivity index (χ1) is 13.8. The quantitative estimate of drug-likeness (QED) is 0.618. The highest BCUT2D eigenvalue weighted by atomic mass is 32.2. The lowest BCUT2D eigenvalue weighted by Crippen LogP contribution is -2.26. The van der Waals surface area contributed by atoms with Crippen LogP contribution in [-0.4, -0.2) is 26.4 Å². The number of aromatic nitrogens is 2. The van der Waals surface area contributed by atoms with E-state index < -0.39 is 17.8 Å². The molecule has 0 saturated heterocycles. The van der Waals surface area contributed by atoms with E-state index in [4.69, 9.17) is 4.74 Å². The van der Waals surface area contributed by atoms with Crippen molar-refractivity contribution < 1.29 is 14.6 Å². The minimum absolute atomic E-state index is 0.132. The fourth-order valence-electron chi connectivity index (χ4n) is 3.19. The minimum atomic E-state index is -0.947. The first kappa shape index (κ1) is 19.5. The molecule has 2 unspecified atom stereocenters. The first-order valence-corrected chi connectivity index (χ1v) is 10.3. The molecular weight excluding hydrogens is 386 g/mol. The maximum absolute atomic E-state index is 12.7. The van der Waals surface area contributed by atoms with Crippen molar-refractivity contribution in [3.05, 3.63) is 82.5 Å². The summed E-state index contributed by atoms with van der Waals surface area (Å²) in [5.41, 5.74) is 2.24. The lowest BCUT2D eigenvalue weighted by molar-refractivity contribution is 0.0544. The molecule has 0 amide bonds. The van der Waals surface area contributed by atoms with Gasteiger partial charge in [0.1, 0.15) is 5.60 Å². The van der Waals surface area contributed by atoms with Crippen LogP contribution in [0, 0.1) is 0 Å². The molecule has 1 aromatic carbocycles. The third-order valence-corrected chi connectivity index (χ3v) is 5.47. The molecule has 0 bridgehead atoms. The second-order valence-electron chi connectivity index (χ2n) is 7.80. The van der Waals surface area contributed by atoms with Crippen molar-refractivity contribution in [2.75, 3.05) is 0 Å². The number of benzene rings is 1. The van der Waals surface area contributed by atoms with Crippen molar-refractivity contribution in [2.24, 2.45) is 0 Å². The molecule has 7 heteroatoms. The number of nitrogens with zero attached hydrogens (tertiary/aromatic N) is 3. The topological polar surface area (TPSA) is 78.4 Å². The highest BCUT2D eigenvalue weighted by molar-refractivity contribution is 8.02. The smallest absolute Gasteiger partial charge is 0.419 e. The molecule has 1 aliphatic rings. The van der Waals surface area contributed by atoms with Crippen LogP contribution in [0.15, 0.2) is 66.1 Å². The lowest BCUT2D eigenvalue weighted by atomic mass is 10.1. The second-order valence-corrected chi connectivity index (χ2v) is 8.76. The van der Waals surface area contributed by atoms with Gasteiger partial charge >= 0.3 is 6.09 Å². The average molecular weight is 409 g/mol. The Balaban J connectivity index is 1.63. The third-order valence-electron chi connectivity index (χ3n) is 4.46. The Morgan fingerprint density at radius 3 is 2.79 bits per heavy atom. The summed E-state index contributed by atoms with van der Waals surface area (Å²) in [6.07, 6.45) is 3.71. The molecule has 0 saturated carbocycles.